The third-order valence-electron chi connectivity index (χ3n) is 3.81. The maximum atomic E-state index is 5.78. The molecule has 0 aromatic heterocycles. The molecule has 2 N–H and O–H groups in total. The van der Waals surface area contributed by atoms with E-state index in [9.17, 15) is 0 Å². The zero-order valence-corrected chi connectivity index (χ0v) is 10.9. The Morgan fingerprint density at radius 3 is 2.82 bits per heavy atom. The van der Waals surface area contributed by atoms with Crippen molar-refractivity contribution in [2.24, 2.45) is 11.7 Å². The van der Waals surface area contributed by atoms with Gasteiger partial charge in [-0.15, -0.1) is 0 Å². The maximum Gasteiger partial charge on any atom is 0.119 e. The van der Waals surface area contributed by atoms with Gasteiger partial charge in [-0.1, -0.05) is 6.07 Å². The van der Waals surface area contributed by atoms with Crippen LogP contribution >= 0.6 is 0 Å². The number of likely N-dealkylation sites (tertiary alicyclic amines) is 1. The largest absolute Gasteiger partial charge is 0.497 e. The van der Waals surface area contributed by atoms with E-state index < -0.39 is 0 Å². The fourth-order valence-electron chi connectivity index (χ4n) is 2.74. The molecule has 3 heteroatoms. The minimum Gasteiger partial charge on any atom is -0.497 e. The van der Waals surface area contributed by atoms with Crippen LogP contribution in [-0.2, 0) is 0 Å². The van der Waals surface area contributed by atoms with Gasteiger partial charge in [0.15, 0.2) is 0 Å². The molecule has 0 amide bonds. The van der Waals surface area contributed by atoms with Crippen molar-refractivity contribution >= 4 is 0 Å². The lowest BCUT2D eigenvalue weighted by Gasteiger charge is -2.22. The molecule has 0 aliphatic carbocycles. The van der Waals surface area contributed by atoms with Crippen LogP contribution in [-0.4, -0.2) is 32.1 Å². The molecule has 1 aromatic carbocycles. The molecule has 1 fully saturated rings. The highest BCUT2D eigenvalue weighted by Gasteiger charge is 2.30. The van der Waals surface area contributed by atoms with Gasteiger partial charge < -0.3 is 10.5 Å². The first-order valence-electron chi connectivity index (χ1n) is 6.20. The standard InChI is InChI=1S/C14H22N2O/c1-10-4-5-12(17-3)7-13(10)14-6-11(8-15)9-16(14)2/h4-5,7,11,14H,6,8-9,15H2,1-3H3. The van der Waals surface area contributed by atoms with Gasteiger partial charge in [-0.3, -0.25) is 4.90 Å². The number of hydrogen-bond donors (Lipinski definition) is 1. The Kier molecular flexibility index (Phi) is 3.69. The Hall–Kier alpha value is -1.06. The number of nitrogens with zero attached hydrogens (tertiary/aromatic N) is 1. The van der Waals surface area contributed by atoms with Crippen LogP contribution in [0.5, 0.6) is 5.75 Å². The summed E-state index contributed by atoms with van der Waals surface area (Å²) < 4.78 is 5.31. The van der Waals surface area contributed by atoms with Gasteiger partial charge in [0.1, 0.15) is 5.75 Å². The van der Waals surface area contributed by atoms with E-state index in [0.29, 0.717) is 12.0 Å². The summed E-state index contributed by atoms with van der Waals surface area (Å²) in [5.74, 6) is 1.56. The summed E-state index contributed by atoms with van der Waals surface area (Å²) in [7, 11) is 3.90. The zero-order valence-electron chi connectivity index (χ0n) is 10.9. The Balaban J connectivity index is 2.27. The van der Waals surface area contributed by atoms with E-state index in [-0.39, 0.29) is 0 Å². The third-order valence-corrected chi connectivity index (χ3v) is 3.81. The molecule has 17 heavy (non-hydrogen) atoms. The van der Waals surface area contributed by atoms with Crippen molar-refractivity contribution in [3.8, 4) is 5.75 Å². The molecule has 2 atom stereocenters. The van der Waals surface area contributed by atoms with Crippen molar-refractivity contribution in [2.45, 2.75) is 19.4 Å². The van der Waals surface area contributed by atoms with Crippen LogP contribution in [0, 0.1) is 12.8 Å². The van der Waals surface area contributed by atoms with Crippen molar-refractivity contribution in [1.82, 2.24) is 4.90 Å². The maximum absolute atomic E-state index is 5.78. The highest BCUT2D eigenvalue weighted by molar-refractivity contribution is 5.37. The van der Waals surface area contributed by atoms with Gasteiger partial charge in [-0.05, 0) is 56.1 Å². The van der Waals surface area contributed by atoms with Crippen molar-refractivity contribution in [1.29, 1.82) is 0 Å². The quantitative estimate of drug-likeness (QED) is 0.869. The summed E-state index contributed by atoms with van der Waals surface area (Å²) in [4.78, 5) is 2.40. The molecule has 1 aliphatic rings. The van der Waals surface area contributed by atoms with E-state index in [0.717, 1.165) is 25.3 Å². The number of hydrogen-bond acceptors (Lipinski definition) is 3. The van der Waals surface area contributed by atoms with E-state index in [4.69, 9.17) is 10.5 Å². The fraction of sp³-hybridized carbons (Fsp3) is 0.571. The van der Waals surface area contributed by atoms with Crippen molar-refractivity contribution in [2.75, 3.05) is 27.2 Å². The molecule has 2 rings (SSSR count). The topological polar surface area (TPSA) is 38.5 Å². The van der Waals surface area contributed by atoms with Gasteiger partial charge in [-0.2, -0.15) is 0 Å². The lowest BCUT2D eigenvalue weighted by atomic mass is 9.96. The minimum absolute atomic E-state index is 0.485. The number of methoxy groups -OCH3 is 1. The van der Waals surface area contributed by atoms with Crippen molar-refractivity contribution in [3.05, 3.63) is 29.3 Å². The second kappa shape index (κ2) is 5.07. The smallest absolute Gasteiger partial charge is 0.119 e. The van der Waals surface area contributed by atoms with Crippen LogP contribution in [0.1, 0.15) is 23.6 Å². The van der Waals surface area contributed by atoms with Crippen LogP contribution in [0.4, 0.5) is 0 Å². The molecule has 0 bridgehead atoms. The molecule has 2 unspecified atom stereocenters. The van der Waals surface area contributed by atoms with Crippen LogP contribution in [0.2, 0.25) is 0 Å². The predicted octanol–water partition coefficient (Wildman–Crippen LogP) is 1.96. The summed E-state index contributed by atoms with van der Waals surface area (Å²) in [6.07, 6.45) is 1.15. The van der Waals surface area contributed by atoms with Gasteiger partial charge in [0, 0.05) is 12.6 Å². The first-order chi connectivity index (χ1) is 8.15. The van der Waals surface area contributed by atoms with Crippen LogP contribution in [0.25, 0.3) is 0 Å². The van der Waals surface area contributed by atoms with E-state index >= 15 is 0 Å². The number of nitrogens with two attached hydrogens (primary N) is 1. The molecule has 0 saturated carbocycles. The molecule has 1 aliphatic heterocycles. The van der Waals surface area contributed by atoms with E-state index in [1.54, 1.807) is 7.11 Å². The fourth-order valence-corrected chi connectivity index (χ4v) is 2.74. The highest BCUT2D eigenvalue weighted by Crippen LogP contribution is 2.36. The van der Waals surface area contributed by atoms with Gasteiger partial charge in [-0.25, -0.2) is 0 Å². The molecule has 1 heterocycles. The molecule has 0 radical (unpaired) electrons. The van der Waals surface area contributed by atoms with Crippen molar-refractivity contribution in [3.63, 3.8) is 0 Å². The summed E-state index contributed by atoms with van der Waals surface area (Å²) >= 11 is 0. The van der Waals surface area contributed by atoms with Gasteiger partial charge in [0.2, 0.25) is 0 Å². The first-order valence-corrected chi connectivity index (χ1v) is 6.20. The second-order valence-corrected chi connectivity index (χ2v) is 5.02. The minimum atomic E-state index is 0.485. The summed E-state index contributed by atoms with van der Waals surface area (Å²) in [6, 6.07) is 6.81. The number of benzene rings is 1. The molecule has 1 saturated heterocycles. The number of rotatable bonds is 3. The van der Waals surface area contributed by atoms with Gasteiger partial charge in [0.25, 0.3) is 0 Å². The second-order valence-electron chi connectivity index (χ2n) is 5.02. The first kappa shape index (κ1) is 12.4. The van der Waals surface area contributed by atoms with Crippen LogP contribution < -0.4 is 10.5 Å². The lowest BCUT2D eigenvalue weighted by molar-refractivity contribution is 0.311. The van der Waals surface area contributed by atoms with E-state index in [1.807, 2.05) is 6.07 Å². The SMILES string of the molecule is COc1ccc(C)c(C2CC(CN)CN2C)c1. The highest BCUT2D eigenvalue weighted by atomic mass is 16.5. The Bertz CT molecular complexity index is 392. The third kappa shape index (κ3) is 2.45. The van der Waals surface area contributed by atoms with Gasteiger partial charge >= 0.3 is 0 Å². The molecular weight excluding hydrogens is 212 g/mol. The van der Waals surface area contributed by atoms with Gasteiger partial charge in [0.05, 0.1) is 7.11 Å². The van der Waals surface area contributed by atoms with Crippen LogP contribution in [0.15, 0.2) is 18.2 Å². The number of aryl methyl sites for hydroxylation is 1. The lowest BCUT2D eigenvalue weighted by Crippen LogP contribution is -2.21. The average molecular weight is 234 g/mol. The van der Waals surface area contributed by atoms with E-state index in [1.165, 1.54) is 11.1 Å². The molecule has 0 spiro atoms. The molecule has 1 aromatic rings. The Morgan fingerprint density at radius 1 is 1.47 bits per heavy atom. The monoisotopic (exact) mass is 234 g/mol. The van der Waals surface area contributed by atoms with E-state index in [2.05, 4.69) is 31.0 Å². The van der Waals surface area contributed by atoms with Crippen LogP contribution in [0.3, 0.4) is 0 Å². The number of ether oxygens (including phenoxy) is 1. The molecule has 3 nitrogen and oxygen atoms in total. The Morgan fingerprint density at radius 2 is 2.24 bits per heavy atom. The molecular formula is C14H22N2O. The summed E-state index contributed by atoms with van der Waals surface area (Å²) in [5, 5.41) is 0. The molecule has 94 valence electrons. The summed E-state index contributed by atoms with van der Waals surface area (Å²) in [6.45, 7) is 4.04. The normalized spacial score (nSPS) is 25.2. The summed E-state index contributed by atoms with van der Waals surface area (Å²) in [5.41, 5.74) is 8.49. The van der Waals surface area contributed by atoms with Crippen molar-refractivity contribution < 1.29 is 4.74 Å². The average Bonchev–Trinajstić information content (AvgIpc) is 2.71. The predicted molar refractivity (Wildman–Crippen MR) is 70.3 cm³/mol. The Labute approximate surface area is 104 Å². The zero-order chi connectivity index (χ0) is 12.4.